The van der Waals surface area contributed by atoms with E-state index in [1.807, 2.05) is 0 Å². The third-order valence-corrected chi connectivity index (χ3v) is 9.20. The molecule has 1 rings (SSSR count). The quantitative estimate of drug-likeness (QED) is 0.431. The highest BCUT2D eigenvalue weighted by molar-refractivity contribution is 6.74. The maximum absolute atomic E-state index is 6.35. The molecule has 0 bridgehead atoms. The van der Waals surface area contributed by atoms with Gasteiger partial charge >= 0.3 is 0 Å². The molecule has 1 heterocycles. The number of hydrogen-bond acceptors (Lipinski definition) is 1. The molecule has 0 saturated carbocycles. The van der Waals surface area contributed by atoms with Gasteiger partial charge in [0.25, 0.3) is 0 Å². The van der Waals surface area contributed by atoms with E-state index in [1.54, 1.807) is 0 Å². The Morgan fingerprint density at radius 1 is 1.24 bits per heavy atom. The Kier molecular flexibility index (Phi) is 6.79. The molecule has 0 amide bonds. The van der Waals surface area contributed by atoms with Crippen molar-refractivity contribution in [1.29, 1.82) is 0 Å². The molecule has 102 valence electrons. The summed E-state index contributed by atoms with van der Waals surface area (Å²) < 4.78 is 6.35. The Hall–Kier alpha value is 0.177. The lowest BCUT2D eigenvalue weighted by Gasteiger charge is -2.40. The van der Waals surface area contributed by atoms with Crippen molar-refractivity contribution in [2.75, 3.05) is 0 Å². The molecule has 0 radical (unpaired) electrons. The summed E-state index contributed by atoms with van der Waals surface area (Å²) in [6, 6.07) is 1.40. The number of unbranched alkanes of at least 4 members (excludes halogenated alkanes) is 4. The first-order chi connectivity index (χ1) is 8.08. The molecule has 1 saturated heterocycles. The van der Waals surface area contributed by atoms with E-state index in [1.165, 1.54) is 57.4 Å². The molecule has 0 aromatic carbocycles. The predicted molar refractivity (Wildman–Crippen MR) is 79.0 cm³/mol. The zero-order valence-electron chi connectivity index (χ0n) is 12.4. The van der Waals surface area contributed by atoms with E-state index in [-0.39, 0.29) is 0 Å². The Morgan fingerprint density at radius 2 is 1.94 bits per heavy atom. The molecule has 3 atom stereocenters. The molecule has 3 unspecified atom stereocenters. The summed E-state index contributed by atoms with van der Waals surface area (Å²) in [5.74, 6) is 0. The van der Waals surface area contributed by atoms with E-state index in [9.17, 15) is 0 Å². The van der Waals surface area contributed by atoms with E-state index < -0.39 is 8.32 Å². The van der Waals surface area contributed by atoms with Crippen LogP contribution >= 0.6 is 0 Å². The van der Waals surface area contributed by atoms with Crippen LogP contribution in [-0.4, -0.2) is 14.4 Å². The fraction of sp³-hybridized carbons (Fsp3) is 1.00. The van der Waals surface area contributed by atoms with E-state index in [4.69, 9.17) is 4.43 Å². The highest BCUT2D eigenvalue weighted by Crippen LogP contribution is 2.37. The van der Waals surface area contributed by atoms with E-state index in [0.29, 0.717) is 6.10 Å². The molecule has 1 nitrogen and oxygen atoms in total. The van der Waals surface area contributed by atoms with Crippen LogP contribution in [0.15, 0.2) is 0 Å². The molecule has 0 spiro atoms. The number of rotatable bonds is 7. The molecule has 17 heavy (non-hydrogen) atoms. The van der Waals surface area contributed by atoms with Crippen LogP contribution in [0.5, 0.6) is 0 Å². The topological polar surface area (TPSA) is 9.23 Å². The summed E-state index contributed by atoms with van der Waals surface area (Å²) in [7, 11) is -1.37. The second-order valence-corrected chi connectivity index (χ2v) is 10.6. The molecule has 1 aliphatic rings. The van der Waals surface area contributed by atoms with Gasteiger partial charge in [-0.2, -0.15) is 0 Å². The fourth-order valence-corrected chi connectivity index (χ4v) is 6.64. The van der Waals surface area contributed by atoms with E-state index in [2.05, 4.69) is 27.3 Å². The highest BCUT2D eigenvalue weighted by Gasteiger charge is 2.38. The molecule has 0 aromatic rings. The second kappa shape index (κ2) is 7.58. The van der Waals surface area contributed by atoms with Gasteiger partial charge in [-0.15, -0.1) is 0 Å². The van der Waals surface area contributed by atoms with Crippen molar-refractivity contribution in [2.24, 2.45) is 0 Å². The van der Waals surface area contributed by atoms with Crippen LogP contribution in [0.4, 0.5) is 0 Å². The van der Waals surface area contributed by atoms with Gasteiger partial charge in [0.15, 0.2) is 8.32 Å². The highest BCUT2D eigenvalue weighted by atomic mass is 28.4. The summed E-state index contributed by atoms with van der Waals surface area (Å²) in [5.41, 5.74) is 0.854. The van der Waals surface area contributed by atoms with Gasteiger partial charge in [0.2, 0.25) is 0 Å². The van der Waals surface area contributed by atoms with Crippen LogP contribution in [0.3, 0.4) is 0 Å². The zero-order valence-corrected chi connectivity index (χ0v) is 13.4. The first-order valence-corrected chi connectivity index (χ1v) is 10.5. The first-order valence-electron chi connectivity index (χ1n) is 7.76. The van der Waals surface area contributed by atoms with E-state index in [0.717, 1.165) is 5.54 Å². The van der Waals surface area contributed by atoms with Gasteiger partial charge in [-0.1, -0.05) is 58.8 Å². The van der Waals surface area contributed by atoms with Crippen molar-refractivity contribution in [3.63, 3.8) is 0 Å². The van der Waals surface area contributed by atoms with Gasteiger partial charge in [-0.25, -0.2) is 0 Å². The second-order valence-electron chi connectivity index (χ2n) is 6.24. The lowest BCUT2D eigenvalue weighted by molar-refractivity contribution is 0.170. The lowest BCUT2D eigenvalue weighted by Crippen LogP contribution is -2.44. The molecule has 2 heteroatoms. The average molecular weight is 257 g/mol. The Morgan fingerprint density at radius 3 is 2.59 bits per heavy atom. The summed E-state index contributed by atoms with van der Waals surface area (Å²) in [5, 5.41) is 0. The summed E-state index contributed by atoms with van der Waals surface area (Å²) in [4.78, 5) is 0. The van der Waals surface area contributed by atoms with Crippen molar-refractivity contribution < 1.29 is 4.43 Å². The Balaban J connectivity index is 2.23. The predicted octanol–water partition coefficient (Wildman–Crippen LogP) is 5.51. The molecule has 0 N–H and O–H groups in total. The lowest BCUT2D eigenvalue weighted by atomic mass is 10.1. The average Bonchev–Trinajstić information content (AvgIpc) is 2.28. The monoisotopic (exact) mass is 256 g/mol. The minimum atomic E-state index is -1.37. The molecule has 0 aromatic heterocycles. The van der Waals surface area contributed by atoms with Crippen LogP contribution < -0.4 is 0 Å². The van der Waals surface area contributed by atoms with Gasteiger partial charge in [-0.05, 0) is 31.5 Å². The largest absolute Gasteiger partial charge is 0.414 e. The number of hydrogen-bond donors (Lipinski definition) is 0. The molecule has 1 fully saturated rings. The molecular weight excluding hydrogens is 224 g/mol. The normalized spacial score (nSPS) is 31.4. The maximum Gasteiger partial charge on any atom is 0.192 e. The van der Waals surface area contributed by atoms with Crippen LogP contribution in [0.1, 0.15) is 72.1 Å². The van der Waals surface area contributed by atoms with E-state index >= 15 is 0 Å². The van der Waals surface area contributed by atoms with Crippen LogP contribution in [0.2, 0.25) is 18.1 Å². The Bertz CT molecular complexity index is 207. The Labute approximate surface area is 109 Å². The molecule has 0 aliphatic carbocycles. The van der Waals surface area contributed by atoms with Gasteiger partial charge in [0.1, 0.15) is 0 Å². The summed E-state index contributed by atoms with van der Waals surface area (Å²) in [6.07, 6.45) is 11.7. The smallest absolute Gasteiger partial charge is 0.192 e. The minimum absolute atomic E-state index is 0.531. The van der Waals surface area contributed by atoms with Crippen molar-refractivity contribution in [2.45, 2.75) is 96.4 Å². The standard InChI is InChI=1S/C15H32OSi/c1-5-6-7-8-9-12-15(3)17(4)13-10-11-14(2)16-17/h14-15H,5-13H2,1-4H3. The molecular formula is C15H32OSi. The molecule has 1 aliphatic heterocycles. The van der Waals surface area contributed by atoms with Crippen LogP contribution in [0.25, 0.3) is 0 Å². The summed E-state index contributed by atoms with van der Waals surface area (Å²) >= 11 is 0. The van der Waals surface area contributed by atoms with Crippen molar-refractivity contribution >= 4 is 8.32 Å². The van der Waals surface area contributed by atoms with Crippen molar-refractivity contribution in [1.82, 2.24) is 0 Å². The van der Waals surface area contributed by atoms with Crippen molar-refractivity contribution in [3.05, 3.63) is 0 Å². The third kappa shape index (κ3) is 5.13. The van der Waals surface area contributed by atoms with Crippen LogP contribution in [0, 0.1) is 0 Å². The third-order valence-electron chi connectivity index (χ3n) is 4.54. The van der Waals surface area contributed by atoms with Crippen LogP contribution in [-0.2, 0) is 4.43 Å². The maximum atomic E-state index is 6.35. The van der Waals surface area contributed by atoms with Crippen molar-refractivity contribution in [3.8, 4) is 0 Å². The van der Waals surface area contributed by atoms with Gasteiger partial charge in [0, 0.05) is 6.10 Å². The van der Waals surface area contributed by atoms with Gasteiger partial charge in [-0.3, -0.25) is 0 Å². The first kappa shape index (κ1) is 15.2. The SMILES string of the molecule is CCCCCCCC(C)[Si]1(C)CCCC(C)O1. The zero-order chi connectivity index (χ0) is 12.7. The fourth-order valence-electron chi connectivity index (χ4n) is 3.04. The van der Waals surface area contributed by atoms with Gasteiger partial charge in [0.05, 0.1) is 0 Å². The minimum Gasteiger partial charge on any atom is -0.414 e. The van der Waals surface area contributed by atoms with Gasteiger partial charge < -0.3 is 4.43 Å². The summed E-state index contributed by atoms with van der Waals surface area (Å²) in [6.45, 7) is 9.47.